The highest BCUT2D eigenvalue weighted by molar-refractivity contribution is 8.03. The van der Waals surface area contributed by atoms with E-state index in [1.165, 1.54) is 35.3 Å². The Morgan fingerprint density at radius 2 is 1.45 bits per heavy atom. The molecule has 1 N–H and O–H groups in total. The molecule has 31 heavy (non-hydrogen) atoms. The molecular weight excluding hydrogens is 444 g/mol. The van der Waals surface area contributed by atoms with Crippen molar-refractivity contribution in [3.63, 3.8) is 0 Å². The molecule has 0 aromatic rings. The zero-order chi connectivity index (χ0) is 21.6. The number of ether oxygens (including phenoxy) is 1. The molecule has 164 valence electrons. The summed E-state index contributed by atoms with van der Waals surface area (Å²) in [6, 6.07) is -1.33. The Bertz CT molecular complexity index is 1020. The summed E-state index contributed by atoms with van der Waals surface area (Å²) in [4.78, 5) is 66.3. The average Bonchev–Trinajstić information content (AvgIpc) is 3.03. The lowest BCUT2D eigenvalue weighted by Gasteiger charge is -2.61. The highest BCUT2D eigenvalue weighted by Gasteiger charge is 2.81. The number of hydrogen-bond donors (Lipinski definition) is 1. The van der Waals surface area contributed by atoms with Gasteiger partial charge in [0, 0.05) is 49.7 Å². The third kappa shape index (κ3) is 1.89. The second kappa shape index (κ2) is 5.48. The Kier molecular flexibility index (Phi) is 3.35. The van der Waals surface area contributed by atoms with Crippen molar-refractivity contribution >= 4 is 52.9 Å². The Morgan fingerprint density at radius 3 is 2.06 bits per heavy atom. The maximum Gasteiger partial charge on any atom is 0.303 e. The summed E-state index contributed by atoms with van der Waals surface area (Å²) >= 11 is 2.49. The van der Waals surface area contributed by atoms with Gasteiger partial charge in [0.25, 0.3) is 11.8 Å². The number of nitrogens with zero attached hydrogens (tertiary/aromatic N) is 2. The molecule has 5 saturated heterocycles. The first-order chi connectivity index (χ1) is 14.7. The predicted molar refractivity (Wildman–Crippen MR) is 107 cm³/mol. The van der Waals surface area contributed by atoms with Gasteiger partial charge in [-0.1, -0.05) is 0 Å². The minimum absolute atomic E-state index is 0.000922. The van der Waals surface area contributed by atoms with Gasteiger partial charge in [0.15, 0.2) is 9.74 Å². The number of fused-ring (bicyclic) bond motifs is 2. The van der Waals surface area contributed by atoms with Crippen LogP contribution in [0.5, 0.6) is 0 Å². The Balaban J connectivity index is 1.40. The van der Waals surface area contributed by atoms with Gasteiger partial charge in [-0.05, 0) is 0 Å². The van der Waals surface area contributed by atoms with Crippen LogP contribution >= 0.6 is 23.5 Å². The molecule has 7 rings (SSSR count). The van der Waals surface area contributed by atoms with Crippen molar-refractivity contribution in [2.45, 2.75) is 77.1 Å². The largest absolute Gasteiger partial charge is 0.459 e. The van der Waals surface area contributed by atoms with E-state index in [9.17, 15) is 29.1 Å². The molecule has 7 aliphatic rings. The maximum atomic E-state index is 14.2. The number of thioether (sulfide) groups is 2. The molecular formula is C20H20N2O7S2. The van der Waals surface area contributed by atoms with Crippen LogP contribution in [0.1, 0.15) is 32.6 Å². The molecule has 5 heterocycles. The van der Waals surface area contributed by atoms with Crippen LogP contribution in [0.15, 0.2) is 0 Å². The van der Waals surface area contributed by atoms with Crippen LogP contribution in [-0.4, -0.2) is 88.8 Å². The molecule has 2 amide bonds. The monoisotopic (exact) mass is 464 g/mol. The highest BCUT2D eigenvalue weighted by Crippen LogP contribution is 2.68. The van der Waals surface area contributed by atoms with Crippen LogP contribution in [-0.2, 0) is 28.7 Å². The number of carbonyl (C=O) groups excluding carboxylic acids is 5. The van der Waals surface area contributed by atoms with Gasteiger partial charge >= 0.3 is 5.97 Å². The number of carbonyl (C=O) groups is 5. The van der Waals surface area contributed by atoms with E-state index in [0.717, 1.165) is 0 Å². The molecule has 11 heteroatoms. The van der Waals surface area contributed by atoms with Gasteiger partial charge < -0.3 is 19.6 Å². The van der Waals surface area contributed by atoms with Crippen molar-refractivity contribution in [2.24, 2.45) is 11.8 Å². The molecule has 10 atom stereocenters. The molecule has 9 nitrogen and oxygen atoms in total. The van der Waals surface area contributed by atoms with E-state index in [-0.39, 0.29) is 54.3 Å². The van der Waals surface area contributed by atoms with E-state index in [0.29, 0.717) is 0 Å². The van der Waals surface area contributed by atoms with Crippen molar-refractivity contribution in [1.82, 2.24) is 9.80 Å². The van der Waals surface area contributed by atoms with Gasteiger partial charge in [-0.25, -0.2) is 0 Å². The highest BCUT2D eigenvalue weighted by atomic mass is 32.2. The summed E-state index contributed by atoms with van der Waals surface area (Å²) in [5.41, 5.74) is 0. The molecule has 0 aromatic heterocycles. The molecule has 2 saturated carbocycles. The average molecular weight is 465 g/mol. The normalized spacial score (nSPS) is 53.2. The number of piperazine rings is 1. The molecule has 0 aromatic carbocycles. The second-order valence-electron chi connectivity index (χ2n) is 9.74. The third-order valence-corrected chi connectivity index (χ3v) is 11.7. The number of esters is 1. The van der Waals surface area contributed by atoms with Gasteiger partial charge in [-0.15, -0.1) is 23.5 Å². The first kappa shape index (κ1) is 18.9. The standard InChI is InChI=1S/C20H20N2O7S2/c1-6(23)29-16-12-3-10(25)8-5-20(31-12)17(27)21-13-7-4-19(21,18(28)22(20)14(8)16)30-11(15(13)26)2-9(7)24/h7-8,11-16,26H,2-5H2,1H3/t7-,8-,11-,12-,13-,14-,15-,16-,19+,20+/m0/s1. The van der Waals surface area contributed by atoms with Gasteiger partial charge in [-0.2, -0.15) is 0 Å². The van der Waals surface area contributed by atoms with Crippen molar-refractivity contribution < 1.29 is 33.8 Å². The van der Waals surface area contributed by atoms with Crippen molar-refractivity contribution in [3.8, 4) is 0 Å². The van der Waals surface area contributed by atoms with Crippen molar-refractivity contribution in [2.75, 3.05) is 0 Å². The number of amides is 2. The van der Waals surface area contributed by atoms with Crippen LogP contribution in [0.2, 0.25) is 0 Å². The summed E-state index contributed by atoms with van der Waals surface area (Å²) in [6.45, 7) is 1.31. The Hall–Kier alpha value is -1.59. The lowest BCUT2D eigenvalue weighted by Crippen LogP contribution is -2.79. The van der Waals surface area contributed by atoms with E-state index in [1.54, 1.807) is 4.90 Å². The first-order valence-corrected chi connectivity index (χ1v) is 12.4. The topological polar surface area (TPSA) is 121 Å². The summed E-state index contributed by atoms with van der Waals surface area (Å²) in [5, 5.41) is 10.1. The van der Waals surface area contributed by atoms with E-state index in [2.05, 4.69) is 0 Å². The fourth-order valence-corrected chi connectivity index (χ4v) is 11.1. The molecule has 6 bridgehead atoms. The van der Waals surface area contributed by atoms with Crippen LogP contribution in [0.25, 0.3) is 0 Å². The van der Waals surface area contributed by atoms with E-state index < -0.39 is 57.1 Å². The van der Waals surface area contributed by atoms with E-state index in [1.807, 2.05) is 0 Å². The molecule has 0 radical (unpaired) electrons. The number of aliphatic hydroxyl groups excluding tert-OH is 1. The zero-order valence-electron chi connectivity index (χ0n) is 16.6. The fraction of sp³-hybridized carbons (Fsp3) is 0.750. The molecule has 0 unspecified atom stereocenters. The number of aliphatic hydroxyl groups is 1. The second-order valence-corrected chi connectivity index (χ2v) is 12.8. The summed E-state index contributed by atoms with van der Waals surface area (Å²) in [7, 11) is 0. The van der Waals surface area contributed by atoms with Crippen LogP contribution in [0.4, 0.5) is 0 Å². The summed E-state index contributed by atoms with van der Waals surface area (Å²) < 4.78 is 5.60. The Morgan fingerprint density at radius 1 is 0.935 bits per heavy atom. The molecule has 7 fully saturated rings. The maximum absolute atomic E-state index is 14.2. The van der Waals surface area contributed by atoms with Crippen LogP contribution < -0.4 is 0 Å². The molecule has 0 spiro atoms. The van der Waals surface area contributed by atoms with E-state index in [4.69, 9.17) is 4.74 Å². The molecule has 2 aliphatic carbocycles. The fourth-order valence-electron chi connectivity index (χ4n) is 7.35. The number of Topliss-reactive ketones (excluding diaryl/α,β-unsaturated/α-hetero) is 2. The van der Waals surface area contributed by atoms with Crippen molar-refractivity contribution in [3.05, 3.63) is 0 Å². The minimum Gasteiger partial charge on any atom is -0.459 e. The van der Waals surface area contributed by atoms with Gasteiger partial charge in [0.2, 0.25) is 0 Å². The summed E-state index contributed by atoms with van der Waals surface area (Å²) in [5.74, 6) is -2.12. The van der Waals surface area contributed by atoms with E-state index >= 15 is 0 Å². The number of rotatable bonds is 1. The lowest BCUT2D eigenvalue weighted by atomic mass is 9.80. The molecule has 5 aliphatic heterocycles. The lowest BCUT2D eigenvalue weighted by molar-refractivity contribution is -0.176. The zero-order valence-corrected chi connectivity index (χ0v) is 18.2. The van der Waals surface area contributed by atoms with Crippen LogP contribution in [0, 0.1) is 11.8 Å². The minimum atomic E-state index is -1.23. The van der Waals surface area contributed by atoms with Gasteiger partial charge in [0.05, 0.1) is 23.4 Å². The van der Waals surface area contributed by atoms with Gasteiger partial charge in [0.1, 0.15) is 17.7 Å². The summed E-state index contributed by atoms with van der Waals surface area (Å²) in [6.07, 6.45) is -0.676. The van der Waals surface area contributed by atoms with Crippen molar-refractivity contribution in [1.29, 1.82) is 0 Å². The quantitative estimate of drug-likeness (QED) is 0.502. The van der Waals surface area contributed by atoms with Gasteiger partial charge in [-0.3, -0.25) is 24.0 Å². The Labute approximate surface area is 185 Å². The third-order valence-electron chi connectivity index (χ3n) is 8.36. The SMILES string of the molecule is CC(=O)O[C@@H]1[C@@H]2[C@H]3C[C@@]4(S[C@H]1CC3=O)C(=O)N1[C@@H]3[C@@H](O)[C@@H]5CC(=O)[C@@H]3C[C@@]1(S5)C(=O)N24. The predicted octanol–water partition coefficient (Wildman–Crippen LogP) is -0.704. The van der Waals surface area contributed by atoms with Crippen LogP contribution in [0.3, 0.4) is 0 Å². The number of hydrogen-bond acceptors (Lipinski definition) is 9. The first-order valence-electron chi connectivity index (χ1n) is 10.6. The smallest absolute Gasteiger partial charge is 0.303 e. The number of ketones is 2.